The number of methoxy groups -OCH3 is 1. The van der Waals surface area contributed by atoms with Crippen molar-refractivity contribution in [3.63, 3.8) is 0 Å². The summed E-state index contributed by atoms with van der Waals surface area (Å²) in [5.41, 5.74) is 0. The van der Waals surface area contributed by atoms with Crippen LogP contribution < -0.4 is 10.6 Å². The van der Waals surface area contributed by atoms with Gasteiger partial charge in [-0.05, 0) is 38.1 Å². The molecule has 0 spiro atoms. The summed E-state index contributed by atoms with van der Waals surface area (Å²) in [6, 6.07) is 0.353. The van der Waals surface area contributed by atoms with Gasteiger partial charge in [0.05, 0.1) is 12.1 Å². The Hall–Kier alpha value is -0.610. The second kappa shape index (κ2) is 5.83. The van der Waals surface area contributed by atoms with E-state index in [-0.39, 0.29) is 11.9 Å². The smallest absolute Gasteiger partial charge is 0.237 e. The highest BCUT2D eigenvalue weighted by Crippen LogP contribution is 2.24. The first kappa shape index (κ1) is 12.8. The van der Waals surface area contributed by atoms with Crippen molar-refractivity contribution in [3.05, 3.63) is 0 Å². The number of rotatable bonds is 4. The molecule has 1 aliphatic heterocycles. The molecular formula is C13H24N2O2. The fourth-order valence-electron chi connectivity index (χ4n) is 2.74. The number of carbonyl (C=O) groups is 1. The van der Waals surface area contributed by atoms with Crippen molar-refractivity contribution in [2.45, 2.75) is 57.2 Å². The first-order chi connectivity index (χ1) is 8.22. The van der Waals surface area contributed by atoms with Gasteiger partial charge in [0.15, 0.2) is 0 Å². The van der Waals surface area contributed by atoms with Crippen LogP contribution in [0.3, 0.4) is 0 Å². The minimum absolute atomic E-state index is 0.0234. The Balaban J connectivity index is 1.72. The fraction of sp³-hybridized carbons (Fsp3) is 0.923. The van der Waals surface area contributed by atoms with E-state index in [9.17, 15) is 4.79 Å². The molecule has 1 aliphatic carbocycles. The first-order valence-electron chi connectivity index (χ1n) is 6.79. The van der Waals surface area contributed by atoms with Crippen molar-refractivity contribution < 1.29 is 9.53 Å². The van der Waals surface area contributed by atoms with Crippen LogP contribution in [0.4, 0.5) is 0 Å². The number of hydrogen-bond acceptors (Lipinski definition) is 3. The molecule has 0 aromatic carbocycles. The summed E-state index contributed by atoms with van der Waals surface area (Å²) in [5, 5.41) is 6.43. The van der Waals surface area contributed by atoms with Gasteiger partial charge < -0.3 is 15.4 Å². The summed E-state index contributed by atoms with van der Waals surface area (Å²) < 4.78 is 5.21. The lowest BCUT2D eigenvalue weighted by molar-refractivity contribution is -0.126. The molecule has 4 heteroatoms. The molecule has 4 nitrogen and oxygen atoms in total. The molecule has 0 radical (unpaired) electrons. The molecule has 0 aromatic rings. The number of ether oxygens (including phenoxy) is 1. The van der Waals surface area contributed by atoms with Crippen LogP contribution in [0.15, 0.2) is 0 Å². The monoisotopic (exact) mass is 240 g/mol. The summed E-state index contributed by atoms with van der Waals surface area (Å²) in [6.07, 6.45) is 5.65. The first-order valence-corrected chi connectivity index (χ1v) is 6.79. The molecule has 1 amide bonds. The van der Waals surface area contributed by atoms with Crippen molar-refractivity contribution in [1.82, 2.24) is 10.6 Å². The van der Waals surface area contributed by atoms with Crippen molar-refractivity contribution in [3.8, 4) is 0 Å². The van der Waals surface area contributed by atoms with Gasteiger partial charge in [0, 0.05) is 13.2 Å². The Morgan fingerprint density at radius 3 is 2.82 bits per heavy atom. The minimum Gasteiger partial charge on any atom is -0.381 e. The molecule has 2 rings (SSSR count). The molecule has 2 fully saturated rings. The van der Waals surface area contributed by atoms with E-state index in [0.717, 1.165) is 25.8 Å². The SMILES string of the molecule is CCC1CCNC(C(=O)NC2CC(OC)C2)C1. The minimum atomic E-state index is 0.0234. The molecule has 2 unspecified atom stereocenters. The lowest BCUT2D eigenvalue weighted by atomic mass is 9.87. The van der Waals surface area contributed by atoms with Gasteiger partial charge in [-0.2, -0.15) is 0 Å². The van der Waals surface area contributed by atoms with Gasteiger partial charge in [-0.25, -0.2) is 0 Å². The van der Waals surface area contributed by atoms with Crippen LogP contribution in [0.25, 0.3) is 0 Å². The number of nitrogens with one attached hydrogen (secondary N) is 2. The second-order valence-electron chi connectivity index (χ2n) is 5.34. The van der Waals surface area contributed by atoms with Crippen LogP contribution in [0.1, 0.15) is 39.0 Å². The quantitative estimate of drug-likeness (QED) is 0.772. The molecule has 1 saturated carbocycles. The summed E-state index contributed by atoms with van der Waals surface area (Å²) >= 11 is 0. The van der Waals surface area contributed by atoms with Gasteiger partial charge in [-0.1, -0.05) is 13.3 Å². The maximum absolute atomic E-state index is 12.0. The molecule has 98 valence electrons. The van der Waals surface area contributed by atoms with Gasteiger partial charge in [0.25, 0.3) is 0 Å². The van der Waals surface area contributed by atoms with Crippen LogP contribution in [-0.4, -0.2) is 37.7 Å². The zero-order valence-electron chi connectivity index (χ0n) is 10.9. The zero-order chi connectivity index (χ0) is 12.3. The van der Waals surface area contributed by atoms with E-state index in [1.54, 1.807) is 7.11 Å². The topological polar surface area (TPSA) is 50.4 Å². The van der Waals surface area contributed by atoms with Crippen LogP contribution in [-0.2, 0) is 9.53 Å². The zero-order valence-corrected chi connectivity index (χ0v) is 10.9. The Morgan fingerprint density at radius 2 is 2.18 bits per heavy atom. The summed E-state index contributed by atoms with van der Waals surface area (Å²) in [7, 11) is 1.73. The van der Waals surface area contributed by atoms with Crippen LogP contribution in [0, 0.1) is 5.92 Å². The Kier molecular flexibility index (Phi) is 4.40. The molecule has 2 aliphatic rings. The number of piperidine rings is 1. The number of hydrogen-bond donors (Lipinski definition) is 2. The van der Waals surface area contributed by atoms with Crippen LogP contribution in [0.5, 0.6) is 0 Å². The van der Waals surface area contributed by atoms with E-state index < -0.39 is 0 Å². The predicted molar refractivity (Wildman–Crippen MR) is 66.8 cm³/mol. The van der Waals surface area contributed by atoms with Crippen LogP contribution in [0.2, 0.25) is 0 Å². The van der Waals surface area contributed by atoms with Gasteiger partial charge >= 0.3 is 0 Å². The third-order valence-corrected chi connectivity index (χ3v) is 4.18. The molecule has 1 heterocycles. The largest absolute Gasteiger partial charge is 0.381 e. The molecular weight excluding hydrogens is 216 g/mol. The summed E-state index contributed by atoms with van der Waals surface area (Å²) in [4.78, 5) is 12.0. The van der Waals surface area contributed by atoms with Crippen molar-refractivity contribution in [2.75, 3.05) is 13.7 Å². The number of carbonyl (C=O) groups excluding carboxylic acids is 1. The molecule has 0 bridgehead atoms. The Bertz CT molecular complexity index is 264. The van der Waals surface area contributed by atoms with Crippen molar-refractivity contribution in [2.24, 2.45) is 5.92 Å². The maximum atomic E-state index is 12.0. The third-order valence-electron chi connectivity index (χ3n) is 4.18. The average molecular weight is 240 g/mol. The summed E-state index contributed by atoms with van der Waals surface area (Å²) in [5.74, 6) is 0.891. The maximum Gasteiger partial charge on any atom is 0.237 e. The number of amides is 1. The Morgan fingerprint density at radius 1 is 1.41 bits per heavy atom. The van der Waals surface area contributed by atoms with E-state index >= 15 is 0 Å². The molecule has 17 heavy (non-hydrogen) atoms. The van der Waals surface area contributed by atoms with Gasteiger partial charge in [-0.15, -0.1) is 0 Å². The highest BCUT2D eigenvalue weighted by molar-refractivity contribution is 5.82. The second-order valence-corrected chi connectivity index (χ2v) is 5.34. The van der Waals surface area contributed by atoms with Crippen molar-refractivity contribution >= 4 is 5.91 Å². The standard InChI is InChI=1S/C13H24N2O2/c1-3-9-4-5-14-12(6-9)13(16)15-10-7-11(8-10)17-2/h9-12,14H,3-8H2,1-2H3,(H,15,16). The highest BCUT2D eigenvalue weighted by Gasteiger charge is 2.33. The van der Waals surface area contributed by atoms with Gasteiger partial charge in [0.1, 0.15) is 0 Å². The van der Waals surface area contributed by atoms with E-state index in [0.29, 0.717) is 18.1 Å². The molecule has 2 N–H and O–H groups in total. The lowest BCUT2D eigenvalue weighted by Crippen LogP contribution is -2.55. The average Bonchev–Trinajstić information content (AvgIpc) is 2.33. The van der Waals surface area contributed by atoms with Crippen LogP contribution >= 0.6 is 0 Å². The summed E-state index contributed by atoms with van der Waals surface area (Å²) in [6.45, 7) is 3.18. The van der Waals surface area contributed by atoms with Gasteiger partial charge in [-0.3, -0.25) is 4.79 Å². The predicted octanol–water partition coefficient (Wildman–Crippen LogP) is 1.06. The molecule has 1 saturated heterocycles. The van der Waals surface area contributed by atoms with E-state index in [4.69, 9.17) is 4.74 Å². The lowest BCUT2D eigenvalue weighted by Gasteiger charge is -2.36. The molecule has 0 aromatic heterocycles. The molecule has 2 atom stereocenters. The van der Waals surface area contributed by atoms with E-state index in [1.165, 1.54) is 12.8 Å². The van der Waals surface area contributed by atoms with E-state index in [2.05, 4.69) is 17.6 Å². The van der Waals surface area contributed by atoms with Crippen molar-refractivity contribution in [1.29, 1.82) is 0 Å². The third kappa shape index (κ3) is 3.19. The normalized spacial score (nSPS) is 37.3. The Labute approximate surface area is 103 Å². The van der Waals surface area contributed by atoms with Gasteiger partial charge in [0.2, 0.25) is 5.91 Å². The highest BCUT2D eigenvalue weighted by atomic mass is 16.5. The fourth-order valence-corrected chi connectivity index (χ4v) is 2.74. The van der Waals surface area contributed by atoms with E-state index in [1.807, 2.05) is 0 Å².